The SMILES string of the molecule is COc1ccc(N(CC(=O)NC2CCCCC2)S(=O)(=O)c2ccccc2)cc1OC. The van der Waals surface area contributed by atoms with E-state index in [0.717, 1.165) is 30.0 Å². The van der Waals surface area contributed by atoms with E-state index in [-0.39, 0.29) is 23.4 Å². The fraction of sp³-hybridized carbons (Fsp3) is 0.409. The molecule has 1 aliphatic carbocycles. The second-order valence-electron chi connectivity index (χ2n) is 7.27. The number of carbonyl (C=O) groups is 1. The Balaban J connectivity index is 1.93. The van der Waals surface area contributed by atoms with E-state index in [1.54, 1.807) is 36.4 Å². The lowest BCUT2D eigenvalue weighted by atomic mass is 9.95. The van der Waals surface area contributed by atoms with E-state index in [1.165, 1.54) is 32.8 Å². The smallest absolute Gasteiger partial charge is 0.264 e. The van der Waals surface area contributed by atoms with Crippen LogP contribution in [-0.4, -0.2) is 41.1 Å². The quantitative estimate of drug-likeness (QED) is 0.692. The third-order valence-corrected chi connectivity index (χ3v) is 7.03. The molecule has 2 aromatic carbocycles. The van der Waals surface area contributed by atoms with Crippen molar-refractivity contribution in [2.24, 2.45) is 0 Å². The lowest BCUT2D eigenvalue weighted by Crippen LogP contribution is -2.44. The van der Waals surface area contributed by atoms with Crippen molar-refractivity contribution in [3.05, 3.63) is 48.5 Å². The van der Waals surface area contributed by atoms with Crippen LogP contribution in [0.5, 0.6) is 11.5 Å². The molecule has 0 bridgehead atoms. The number of amides is 1. The van der Waals surface area contributed by atoms with E-state index < -0.39 is 10.0 Å². The number of sulfonamides is 1. The molecule has 1 saturated carbocycles. The minimum atomic E-state index is -3.96. The highest BCUT2D eigenvalue weighted by Crippen LogP contribution is 2.33. The van der Waals surface area contributed by atoms with Crippen LogP contribution in [0.1, 0.15) is 32.1 Å². The number of rotatable bonds is 8. The topological polar surface area (TPSA) is 84.9 Å². The van der Waals surface area contributed by atoms with Gasteiger partial charge in [0, 0.05) is 12.1 Å². The highest BCUT2D eigenvalue weighted by Gasteiger charge is 2.29. The van der Waals surface area contributed by atoms with E-state index in [9.17, 15) is 13.2 Å². The van der Waals surface area contributed by atoms with Crippen molar-refractivity contribution in [1.29, 1.82) is 0 Å². The molecular weight excluding hydrogens is 404 g/mol. The van der Waals surface area contributed by atoms with Gasteiger partial charge in [-0.2, -0.15) is 0 Å². The minimum absolute atomic E-state index is 0.0953. The fourth-order valence-corrected chi connectivity index (χ4v) is 5.10. The summed E-state index contributed by atoms with van der Waals surface area (Å²) in [7, 11) is -0.971. The normalized spacial score (nSPS) is 14.7. The first kappa shape index (κ1) is 22.0. The number of benzene rings is 2. The van der Waals surface area contributed by atoms with Crippen LogP contribution in [-0.2, 0) is 14.8 Å². The lowest BCUT2D eigenvalue weighted by molar-refractivity contribution is -0.120. The van der Waals surface area contributed by atoms with Gasteiger partial charge in [0.15, 0.2) is 11.5 Å². The van der Waals surface area contributed by atoms with E-state index in [2.05, 4.69) is 5.32 Å². The summed E-state index contributed by atoms with van der Waals surface area (Å²) < 4.78 is 38.5. The molecule has 0 aromatic heterocycles. The molecule has 0 heterocycles. The summed E-state index contributed by atoms with van der Waals surface area (Å²) in [5, 5.41) is 2.99. The Kier molecular flexibility index (Phi) is 7.20. The van der Waals surface area contributed by atoms with Crippen LogP contribution in [0.25, 0.3) is 0 Å². The lowest BCUT2D eigenvalue weighted by Gasteiger charge is -2.27. The van der Waals surface area contributed by atoms with Gasteiger partial charge in [0.2, 0.25) is 5.91 Å². The van der Waals surface area contributed by atoms with Crippen molar-refractivity contribution in [2.75, 3.05) is 25.1 Å². The number of nitrogens with zero attached hydrogens (tertiary/aromatic N) is 1. The monoisotopic (exact) mass is 432 g/mol. The molecule has 0 aliphatic heterocycles. The van der Waals surface area contributed by atoms with Gasteiger partial charge in [0.05, 0.1) is 24.8 Å². The maximum Gasteiger partial charge on any atom is 0.264 e. The second kappa shape index (κ2) is 9.84. The summed E-state index contributed by atoms with van der Waals surface area (Å²) in [5.74, 6) is 0.539. The molecule has 30 heavy (non-hydrogen) atoms. The molecule has 0 saturated heterocycles. The summed E-state index contributed by atoms with van der Waals surface area (Å²) >= 11 is 0. The number of carbonyl (C=O) groups excluding carboxylic acids is 1. The Bertz CT molecular complexity index is 957. The molecule has 1 amide bonds. The predicted octanol–water partition coefficient (Wildman–Crippen LogP) is 3.35. The molecule has 1 N–H and O–H groups in total. The van der Waals surface area contributed by atoms with Crippen LogP contribution in [0.4, 0.5) is 5.69 Å². The molecule has 3 rings (SSSR count). The zero-order valence-electron chi connectivity index (χ0n) is 17.3. The van der Waals surface area contributed by atoms with Gasteiger partial charge in [-0.05, 0) is 37.1 Å². The van der Waals surface area contributed by atoms with Crippen molar-refractivity contribution >= 4 is 21.6 Å². The van der Waals surface area contributed by atoms with Gasteiger partial charge in [-0.25, -0.2) is 8.42 Å². The number of anilines is 1. The summed E-state index contributed by atoms with van der Waals surface area (Å²) in [4.78, 5) is 12.9. The minimum Gasteiger partial charge on any atom is -0.493 e. The third kappa shape index (κ3) is 5.05. The first-order chi connectivity index (χ1) is 14.5. The fourth-order valence-electron chi connectivity index (χ4n) is 3.67. The molecule has 0 radical (unpaired) electrons. The molecule has 162 valence electrons. The van der Waals surface area contributed by atoms with Crippen LogP contribution in [0.3, 0.4) is 0 Å². The molecule has 7 nitrogen and oxygen atoms in total. The van der Waals surface area contributed by atoms with Crippen LogP contribution in [0, 0.1) is 0 Å². The molecule has 2 aromatic rings. The maximum absolute atomic E-state index is 13.4. The van der Waals surface area contributed by atoms with Crippen LogP contribution < -0.4 is 19.1 Å². The van der Waals surface area contributed by atoms with Crippen molar-refractivity contribution in [2.45, 2.75) is 43.0 Å². The summed E-state index contributed by atoms with van der Waals surface area (Å²) in [6, 6.07) is 13.0. The van der Waals surface area contributed by atoms with Crippen molar-refractivity contribution in [3.8, 4) is 11.5 Å². The van der Waals surface area contributed by atoms with Crippen LogP contribution in [0.2, 0.25) is 0 Å². The maximum atomic E-state index is 13.4. The average Bonchev–Trinajstić information content (AvgIpc) is 2.78. The molecule has 0 unspecified atom stereocenters. The molecule has 8 heteroatoms. The second-order valence-corrected chi connectivity index (χ2v) is 9.13. The highest BCUT2D eigenvalue weighted by atomic mass is 32.2. The number of hydrogen-bond acceptors (Lipinski definition) is 5. The van der Waals surface area contributed by atoms with Gasteiger partial charge in [-0.15, -0.1) is 0 Å². The Morgan fingerprint density at radius 1 is 1.00 bits per heavy atom. The van der Waals surface area contributed by atoms with E-state index in [0.29, 0.717) is 17.2 Å². The predicted molar refractivity (Wildman–Crippen MR) is 116 cm³/mol. The van der Waals surface area contributed by atoms with Gasteiger partial charge in [0.25, 0.3) is 10.0 Å². The Hall–Kier alpha value is -2.74. The average molecular weight is 433 g/mol. The standard InChI is InChI=1S/C22H28N2O5S/c1-28-20-14-13-18(15-21(20)29-2)24(30(26,27)19-11-7-4-8-12-19)16-22(25)23-17-9-5-3-6-10-17/h4,7-8,11-15,17H,3,5-6,9-10,16H2,1-2H3,(H,23,25). The zero-order chi connectivity index (χ0) is 21.6. The van der Waals surface area contributed by atoms with Gasteiger partial charge in [-0.1, -0.05) is 37.5 Å². The van der Waals surface area contributed by atoms with Gasteiger partial charge in [0.1, 0.15) is 6.54 Å². The molecular formula is C22H28N2O5S. The van der Waals surface area contributed by atoms with Gasteiger partial charge in [-0.3, -0.25) is 9.10 Å². The van der Waals surface area contributed by atoms with Gasteiger partial charge < -0.3 is 14.8 Å². The molecule has 0 spiro atoms. The zero-order valence-corrected chi connectivity index (χ0v) is 18.2. The largest absolute Gasteiger partial charge is 0.493 e. The number of nitrogens with one attached hydrogen (secondary N) is 1. The van der Waals surface area contributed by atoms with E-state index in [1.807, 2.05) is 0 Å². The van der Waals surface area contributed by atoms with Crippen molar-refractivity contribution in [3.63, 3.8) is 0 Å². The Morgan fingerprint density at radius 3 is 2.30 bits per heavy atom. The van der Waals surface area contributed by atoms with Crippen molar-refractivity contribution < 1.29 is 22.7 Å². The first-order valence-electron chi connectivity index (χ1n) is 10.0. The summed E-state index contributed by atoms with van der Waals surface area (Å²) in [6.07, 6.45) is 5.17. The number of methoxy groups -OCH3 is 2. The number of hydrogen-bond donors (Lipinski definition) is 1. The van der Waals surface area contributed by atoms with Crippen molar-refractivity contribution in [1.82, 2.24) is 5.32 Å². The molecule has 1 aliphatic rings. The first-order valence-corrected chi connectivity index (χ1v) is 11.5. The van der Waals surface area contributed by atoms with E-state index in [4.69, 9.17) is 9.47 Å². The number of ether oxygens (including phenoxy) is 2. The third-order valence-electron chi connectivity index (χ3n) is 5.24. The van der Waals surface area contributed by atoms with E-state index >= 15 is 0 Å². The van der Waals surface area contributed by atoms with Crippen LogP contribution >= 0.6 is 0 Å². The molecule has 1 fully saturated rings. The molecule has 0 atom stereocenters. The Morgan fingerprint density at radius 2 is 1.67 bits per heavy atom. The highest BCUT2D eigenvalue weighted by molar-refractivity contribution is 7.92. The van der Waals surface area contributed by atoms with Gasteiger partial charge >= 0.3 is 0 Å². The van der Waals surface area contributed by atoms with Crippen LogP contribution in [0.15, 0.2) is 53.4 Å². The summed E-state index contributed by atoms with van der Waals surface area (Å²) in [5.41, 5.74) is 0.329. The summed E-state index contributed by atoms with van der Waals surface area (Å²) in [6.45, 7) is -0.316. The Labute approximate surface area is 178 Å².